The van der Waals surface area contributed by atoms with Crippen molar-refractivity contribution in [1.29, 1.82) is 0 Å². The largest absolute Gasteiger partial charge is 0.391 e. The monoisotopic (exact) mass is 296 g/mol. The van der Waals surface area contributed by atoms with E-state index < -0.39 is 0 Å². The summed E-state index contributed by atoms with van der Waals surface area (Å²) in [6.07, 6.45) is 1.59. The molecule has 8 heteroatoms. The van der Waals surface area contributed by atoms with Gasteiger partial charge in [0.25, 0.3) is 5.56 Å². The molecule has 0 amide bonds. The maximum Gasteiger partial charge on any atom is 0.332 e. The minimum Gasteiger partial charge on any atom is -0.391 e. The van der Waals surface area contributed by atoms with Gasteiger partial charge in [-0.25, -0.2) is 9.78 Å². The summed E-state index contributed by atoms with van der Waals surface area (Å²) in [5, 5.41) is 9.05. The van der Waals surface area contributed by atoms with E-state index in [-0.39, 0.29) is 17.9 Å². The Morgan fingerprint density at radius 2 is 1.86 bits per heavy atom. The van der Waals surface area contributed by atoms with Crippen molar-refractivity contribution >= 4 is 11.2 Å². The fourth-order valence-electron chi connectivity index (χ4n) is 2.33. The van der Waals surface area contributed by atoms with Crippen LogP contribution in [-0.4, -0.2) is 62.1 Å². The van der Waals surface area contributed by atoms with Gasteiger partial charge in [0, 0.05) is 14.1 Å². The van der Waals surface area contributed by atoms with Crippen LogP contribution in [-0.2, 0) is 20.6 Å². The number of aliphatic hydroxyl groups is 1. The van der Waals surface area contributed by atoms with E-state index in [4.69, 9.17) is 5.11 Å². The molecule has 1 N–H and O–H groups in total. The molecule has 0 atom stereocenters. The third kappa shape index (κ3) is 2.77. The van der Waals surface area contributed by atoms with Gasteiger partial charge >= 0.3 is 5.69 Å². The predicted molar refractivity (Wildman–Crippen MR) is 79.1 cm³/mol. The smallest absolute Gasteiger partial charge is 0.332 e. The van der Waals surface area contributed by atoms with Crippen molar-refractivity contribution in [3.8, 4) is 0 Å². The lowest BCUT2D eigenvalue weighted by Crippen LogP contribution is -2.44. The van der Waals surface area contributed by atoms with Crippen molar-refractivity contribution in [2.45, 2.75) is 6.54 Å². The average molecular weight is 296 g/mol. The SMILES string of the molecule is Cn1c(=O)c2c(ncn2CC[N+](C)(C)CCO)n(C)c1=O. The molecule has 0 aliphatic heterocycles. The Balaban J connectivity index is 2.44. The number of quaternary nitrogens is 1. The van der Waals surface area contributed by atoms with Crippen LogP contribution in [0.1, 0.15) is 0 Å². The molecule has 2 heterocycles. The van der Waals surface area contributed by atoms with E-state index in [1.165, 1.54) is 11.6 Å². The van der Waals surface area contributed by atoms with Crippen molar-refractivity contribution in [1.82, 2.24) is 18.7 Å². The number of imidazole rings is 1. The van der Waals surface area contributed by atoms with Gasteiger partial charge in [0.15, 0.2) is 11.2 Å². The van der Waals surface area contributed by atoms with Crippen LogP contribution in [0.4, 0.5) is 0 Å². The topological polar surface area (TPSA) is 82.0 Å². The van der Waals surface area contributed by atoms with Gasteiger partial charge in [0.2, 0.25) is 0 Å². The Bertz CT molecular complexity index is 768. The number of hydrogen-bond donors (Lipinski definition) is 1. The number of aryl methyl sites for hydroxylation is 1. The van der Waals surface area contributed by atoms with Gasteiger partial charge in [-0.3, -0.25) is 13.9 Å². The molecular formula is C13H22N5O3+. The highest BCUT2D eigenvalue weighted by molar-refractivity contribution is 5.69. The van der Waals surface area contributed by atoms with E-state index in [2.05, 4.69) is 4.98 Å². The third-order valence-corrected chi connectivity index (χ3v) is 3.87. The van der Waals surface area contributed by atoms with Gasteiger partial charge in [0.05, 0.1) is 40.1 Å². The van der Waals surface area contributed by atoms with Crippen LogP contribution in [0.25, 0.3) is 11.2 Å². The summed E-state index contributed by atoms with van der Waals surface area (Å²) in [6.45, 7) is 2.10. The summed E-state index contributed by atoms with van der Waals surface area (Å²) in [4.78, 5) is 28.3. The highest BCUT2D eigenvalue weighted by Gasteiger charge is 2.18. The van der Waals surface area contributed by atoms with Gasteiger partial charge in [0.1, 0.15) is 6.54 Å². The minimum atomic E-state index is -0.380. The van der Waals surface area contributed by atoms with Crippen LogP contribution in [0.5, 0.6) is 0 Å². The van der Waals surface area contributed by atoms with Crippen molar-refractivity contribution in [3.05, 3.63) is 27.2 Å². The Kier molecular flexibility index (Phi) is 4.02. The second-order valence-electron chi connectivity index (χ2n) is 5.92. The summed E-state index contributed by atoms with van der Waals surface area (Å²) in [6, 6.07) is 0. The van der Waals surface area contributed by atoms with E-state index >= 15 is 0 Å². The Morgan fingerprint density at radius 3 is 2.48 bits per heavy atom. The maximum atomic E-state index is 12.3. The summed E-state index contributed by atoms with van der Waals surface area (Å²) in [7, 11) is 7.10. The van der Waals surface area contributed by atoms with Gasteiger partial charge in [-0.15, -0.1) is 0 Å². The zero-order valence-electron chi connectivity index (χ0n) is 12.9. The van der Waals surface area contributed by atoms with Crippen molar-refractivity contribution in [2.24, 2.45) is 14.1 Å². The first kappa shape index (κ1) is 15.5. The number of likely N-dealkylation sites (N-methyl/N-ethyl adjacent to an activating group) is 1. The van der Waals surface area contributed by atoms with Gasteiger partial charge < -0.3 is 14.2 Å². The number of hydrogen-bond acceptors (Lipinski definition) is 4. The summed E-state index contributed by atoms with van der Waals surface area (Å²) < 4.78 is 4.88. The second kappa shape index (κ2) is 5.45. The lowest BCUT2D eigenvalue weighted by atomic mass is 10.4. The number of nitrogens with zero attached hydrogens (tertiary/aromatic N) is 5. The lowest BCUT2D eigenvalue weighted by Gasteiger charge is -2.29. The molecule has 0 saturated heterocycles. The molecular weight excluding hydrogens is 274 g/mol. The highest BCUT2D eigenvalue weighted by Crippen LogP contribution is 2.07. The fourth-order valence-corrected chi connectivity index (χ4v) is 2.33. The molecule has 0 fully saturated rings. The second-order valence-corrected chi connectivity index (χ2v) is 5.92. The first-order valence-corrected chi connectivity index (χ1v) is 6.82. The number of aromatic nitrogens is 4. The molecule has 0 radical (unpaired) electrons. The van der Waals surface area contributed by atoms with Crippen molar-refractivity contribution in [2.75, 3.05) is 33.8 Å². The zero-order valence-corrected chi connectivity index (χ0v) is 12.9. The van der Waals surface area contributed by atoms with Crippen molar-refractivity contribution < 1.29 is 9.59 Å². The summed E-state index contributed by atoms with van der Waals surface area (Å²) in [5.74, 6) is 0. The molecule has 21 heavy (non-hydrogen) atoms. The Labute approximate surface area is 122 Å². The van der Waals surface area contributed by atoms with E-state index in [0.29, 0.717) is 28.7 Å². The minimum absolute atomic E-state index is 0.119. The molecule has 2 aromatic heterocycles. The number of aliphatic hydroxyl groups excluding tert-OH is 1. The normalized spacial score (nSPS) is 12.2. The van der Waals surface area contributed by atoms with Crippen LogP contribution in [0.2, 0.25) is 0 Å². The van der Waals surface area contributed by atoms with Crippen LogP contribution in [0.3, 0.4) is 0 Å². The zero-order chi connectivity index (χ0) is 15.8. The summed E-state index contributed by atoms with van der Waals surface area (Å²) in [5.41, 5.74) is 0.117. The highest BCUT2D eigenvalue weighted by atomic mass is 16.3. The van der Waals surface area contributed by atoms with E-state index in [1.807, 2.05) is 14.1 Å². The first-order valence-electron chi connectivity index (χ1n) is 6.82. The fraction of sp³-hybridized carbons (Fsp3) is 0.615. The molecule has 0 unspecified atom stereocenters. The van der Waals surface area contributed by atoms with E-state index in [9.17, 15) is 9.59 Å². The lowest BCUT2D eigenvalue weighted by molar-refractivity contribution is -0.891. The van der Waals surface area contributed by atoms with Crippen LogP contribution >= 0.6 is 0 Å². The van der Waals surface area contributed by atoms with E-state index in [0.717, 1.165) is 11.1 Å². The quantitative estimate of drug-likeness (QED) is 0.681. The van der Waals surface area contributed by atoms with Gasteiger partial charge in [-0.2, -0.15) is 0 Å². The molecule has 0 spiro atoms. The molecule has 2 aromatic rings. The average Bonchev–Trinajstić information content (AvgIpc) is 2.84. The molecule has 0 saturated carbocycles. The Hall–Kier alpha value is -1.93. The van der Waals surface area contributed by atoms with Crippen LogP contribution in [0.15, 0.2) is 15.9 Å². The van der Waals surface area contributed by atoms with E-state index in [1.54, 1.807) is 17.9 Å². The maximum absolute atomic E-state index is 12.3. The molecule has 116 valence electrons. The molecule has 0 bridgehead atoms. The summed E-state index contributed by atoms with van der Waals surface area (Å²) >= 11 is 0. The third-order valence-electron chi connectivity index (χ3n) is 3.87. The molecule has 2 rings (SSSR count). The molecule has 0 aliphatic rings. The molecule has 8 nitrogen and oxygen atoms in total. The van der Waals surface area contributed by atoms with Gasteiger partial charge in [-0.1, -0.05) is 0 Å². The molecule has 0 aliphatic carbocycles. The van der Waals surface area contributed by atoms with Crippen LogP contribution in [0, 0.1) is 0 Å². The van der Waals surface area contributed by atoms with Crippen molar-refractivity contribution in [3.63, 3.8) is 0 Å². The first-order chi connectivity index (χ1) is 9.78. The molecule has 0 aromatic carbocycles. The number of rotatable bonds is 5. The predicted octanol–water partition coefficient (Wildman–Crippen LogP) is -1.50. The van der Waals surface area contributed by atoms with Crippen LogP contribution < -0.4 is 11.2 Å². The Morgan fingerprint density at radius 1 is 1.19 bits per heavy atom. The standard InChI is InChI=1S/C13H22N5O3/c1-15-11-10(12(20)16(2)13(15)21)17(9-14-11)5-6-18(3,4)7-8-19/h9,19H,5-8H2,1-4H3/q+1. The van der Waals surface area contributed by atoms with Gasteiger partial charge in [-0.05, 0) is 0 Å². The number of fused-ring (bicyclic) bond motifs is 1.